The van der Waals surface area contributed by atoms with E-state index in [1.54, 1.807) is 0 Å². The molecule has 0 bridgehead atoms. The maximum absolute atomic E-state index is 5.77. The molecule has 1 atom stereocenters. The highest BCUT2D eigenvalue weighted by Gasteiger charge is 2.15. The highest BCUT2D eigenvalue weighted by Crippen LogP contribution is 2.21. The Bertz CT molecular complexity index is 327. The van der Waals surface area contributed by atoms with E-state index in [-0.39, 0.29) is 6.29 Å². The molecule has 1 unspecified atom stereocenters. The topological polar surface area (TPSA) is 18.5 Å². The summed E-state index contributed by atoms with van der Waals surface area (Å²) in [5.41, 5.74) is 2.57. The molecule has 0 N–H and O–H groups in total. The van der Waals surface area contributed by atoms with Crippen molar-refractivity contribution in [1.29, 1.82) is 0 Å². The fourth-order valence-corrected chi connectivity index (χ4v) is 1.74. The molecule has 1 aromatic rings. The van der Waals surface area contributed by atoms with E-state index >= 15 is 0 Å². The molecular formula is C13H18O2. The van der Waals surface area contributed by atoms with Crippen molar-refractivity contribution in [2.45, 2.75) is 39.4 Å². The molecule has 0 aromatic heterocycles. The molecule has 2 rings (SSSR count). The maximum atomic E-state index is 5.77. The standard InChI is InChI=1S/C13H18O2/c1-10-6-7-12(9-11(10)2)15-13-5-3-4-8-14-13/h6-7,9,13H,3-5,8H2,1-2H3. The average Bonchev–Trinajstić information content (AvgIpc) is 2.25. The van der Waals surface area contributed by atoms with Gasteiger partial charge in [-0.25, -0.2) is 0 Å². The number of rotatable bonds is 2. The minimum atomic E-state index is -0.0409. The second-order valence-corrected chi connectivity index (χ2v) is 4.16. The van der Waals surface area contributed by atoms with Crippen LogP contribution in [-0.2, 0) is 4.74 Å². The van der Waals surface area contributed by atoms with Crippen LogP contribution in [-0.4, -0.2) is 12.9 Å². The molecule has 2 nitrogen and oxygen atoms in total. The lowest BCUT2D eigenvalue weighted by Gasteiger charge is -2.23. The van der Waals surface area contributed by atoms with E-state index in [9.17, 15) is 0 Å². The highest BCUT2D eigenvalue weighted by atomic mass is 16.7. The lowest BCUT2D eigenvalue weighted by Crippen LogP contribution is -2.24. The van der Waals surface area contributed by atoms with Crippen molar-refractivity contribution < 1.29 is 9.47 Å². The second-order valence-electron chi connectivity index (χ2n) is 4.16. The quantitative estimate of drug-likeness (QED) is 0.739. The van der Waals surface area contributed by atoms with Gasteiger partial charge in [0.25, 0.3) is 0 Å². The van der Waals surface area contributed by atoms with E-state index < -0.39 is 0 Å². The van der Waals surface area contributed by atoms with Crippen LogP contribution in [0.2, 0.25) is 0 Å². The molecule has 15 heavy (non-hydrogen) atoms. The zero-order valence-electron chi connectivity index (χ0n) is 9.45. The van der Waals surface area contributed by atoms with Gasteiger partial charge < -0.3 is 9.47 Å². The molecule has 2 heteroatoms. The Morgan fingerprint density at radius 1 is 1.20 bits per heavy atom. The van der Waals surface area contributed by atoms with Crippen LogP contribution in [0.3, 0.4) is 0 Å². The molecule has 1 fully saturated rings. The van der Waals surface area contributed by atoms with Crippen molar-refractivity contribution in [3.05, 3.63) is 29.3 Å². The molecule has 1 saturated heterocycles. The number of aryl methyl sites for hydroxylation is 2. The van der Waals surface area contributed by atoms with Crippen molar-refractivity contribution in [1.82, 2.24) is 0 Å². The van der Waals surface area contributed by atoms with Crippen molar-refractivity contribution >= 4 is 0 Å². The van der Waals surface area contributed by atoms with Gasteiger partial charge in [-0.05, 0) is 49.9 Å². The summed E-state index contributed by atoms with van der Waals surface area (Å²) in [5, 5.41) is 0. The van der Waals surface area contributed by atoms with Gasteiger partial charge in [-0.1, -0.05) is 6.07 Å². The summed E-state index contributed by atoms with van der Waals surface area (Å²) in [4.78, 5) is 0. The first-order chi connectivity index (χ1) is 7.25. The van der Waals surface area contributed by atoms with E-state index in [1.165, 1.54) is 17.5 Å². The van der Waals surface area contributed by atoms with E-state index in [4.69, 9.17) is 9.47 Å². The molecular weight excluding hydrogens is 188 g/mol. The number of hydrogen-bond acceptors (Lipinski definition) is 2. The van der Waals surface area contributed by atoms with Gasteiger partial charge in [0.1, 0.15) is 5.75 Å². The SMILES string of the molecule is Cc1ccc(OC2CCCCO2)cc1C. The van der Waals surface area contributed by atoms with Gasteiger partial charge in [0.2, 0.25) is 0 Å². The molecule has 82 valence electrons. The lowest BCUT2D eigenvalue weighted by molar-refractivity contribution is -0.105. The molecule has 1 aromatic carbocycles. The van der Waals surface area contributed by atoms with Crippen molar-refractivity contribution in [2.24, 2.45) is 0 Å². The van der Waals surface area contributed by atoms with Crippen LogP contribution in [0, 0.1) is 13.8 Å². The largest absolute Gasteiger partial charge is 0.465 e. The predicted octanol–water partition coefficient (Wildman–Crippen LogP) is 3.21. The molecule has 0 radical (unpaired) electrons. The Kier molecular flexibility index (Phi) is 3.27. The van der Waals surface area contributed by atoms with E-state index in [1.807, 2.05) is 6.07 Å². The monoisotopic (exact) mass is 206 g/mol. The Balaban J connectivity index is 2.00. The van der Waals surface area contributed by atoms with Crippen LogP contribution < -0.4 is 4.74 Å². The Morgan fingerprint density at radius 3 is 2.73 bits per heavy atom. The number of hydrogen-bond donors (Lipinski definition) is 0. The first-order valence-electron chi connectivity index (χ1n) is 5.61. The third-order valence-electron chi connectivity index (χ3n) is 2.88. The minimum absolute atomic E-state index is 0.0409. The van der Waals surface area contributed by atoms with Crippen LogP contribution in [0.1, 0.15) is 30.4 Å². The first-order valence-corrected chi connectivity index (χ1v) is 5.61. The lowest BCUT2D eigenvalue weighted by atomic mass is 10.1. The van der Waals surface area contributed by atoms with Crippen LogP contribution in [0.15, 0.2) is 18.2 Å². The van der Waals surface area contributed by atoms with E-state index in [0.717, 1.165) is 25.2 Å². The normalized spacial score (nSPS) is 21.3. The molecule has 1 heterocycles. The molecule has 1 aliphatic rings. The molecule has 0 aliphatic carbocycles. The highest BCUT2D eigenvalue weighted by molar-refractivity contribution is 5.33. The van der Waals surface area contributed by atoms with Gasteiger partial charge in [-0.2, -0.15) is 0 Å². The molecule has 0 saturated carbocycles. The fourth-order valence-electron chi connectivity index (χ4n) is 1.74. The molecule has 0 amide bonds. The van der Waals surface area contributed by atoms with Crippen LogP contribution in [0.25, 0.3) is 0 Å². The zero-order valence-corrected chi connectivity index (χ0v) is 9.45. The first kappa shape index (κ1) is 10.5. The van der Waals surface area contributed by atoms with Crippen molar-refractivity contribution in [3.8, 4) is 5.75 Å². The average molecular weight is 206 g/mol. The third-order valence-corrected chi connectivity index (χ3v) is 2.88. The Morgan fingerprint density at radius 2 is 2.07 bits per heavy atom. The second kappa shape index (κ2) is 4.67. The Hall–Kier alpha value is -1.02. The summed E-state index contributed by atoms with van der Waals surface area (Å²) in [6.07, 6.45) is 3.33. The number of benzene rings is 1. The summed E-state index contributed by atoms with van der Waals surface area (Å²) < 4.78 is 11.3. The maximum Gasteiger partial charge on any atom is 0.199 e. The van der Waals surface area contributed by atoms with E-state index in [0.29, 0.717) is 0 Å². The Labute approximate surface area is 91.2 Å². The minimum Gasteiger partial charge on any atom is -0.465 e. The zero-order chi connectivity index (χ0) is 10.7. The van der Waals surface area contributed by atoms with Crippen LogP contribution in [0.4, 0.5) is 0 Å². The fraction of sp³-hybridized carbons (Fsp3) is 0.538. The van der Waals surface area contributed by atoms with Crippen molar-refractivity contribution in [3.63, 3.8) is 0 Å². The third kappa shape index (κ3) is 2.72. The summed E-state index contributed by atoms with van der Waals surface area (Å²) in [6.45, 7) is 5.04. The molecule has 1 aliphatic heterocycles. The summed E-state index contributed by atoms with van der Waals surface area (Å²) in [5.74, 6) is 0.921. The predicted molar refractivity (Wildman–Crippen MR) is 60.1 cm³/mol. The van der Waals surface area contributed by atoms with Gasteiger partial charge >= 0.3 is 0 Å². The van der Waals surface area contributed by atoms with Crippen LogP contribution >= 0.6 is 0 Å². The molecule has 0 spiro atoms. The van der Waals surface area contributed by atoms with E-state index in [2.05, 4.69) is 26.0 Å². The van der Waals surface area contributed by atoms with Crippen molar-refractivity contribution in [2.75, 3.05) is 6.61 Å². The van der Waals surface area contributed by atoms with Crippen LogP contribution in [0.5, 0.6) is 5.75 Å². The number of ether oxygens (including phenoxy) is 2. The van der Waals surface area contributed by atoms with Gasteiger partial charge in [-0.3, -0.25) is 0 Å². The van der Waals surface area contributed by atoms with Gasteiger partial charge in [0.15, 0.2) is 6.29 Å². The summed E-state index contributed by atoms with van der Waals surface area (Å²) >= 11 is 0. The van der Waals surface area contributed by atoms with Gasteiger partial charge in [-0.15, -0.1) is 0 Å². The van der Waals surface area contributed by atoms with Gasteiger partial charge in [0.05, 0.1) is 6.61 Å². The summed E-state index contributed by atoms with van der Waals surface area (Å²) in [7, 11) is 0. The smallest absolute Gasteiger partial charge is 0.199 e. The van der Waals surface area contributed by atoms with Gasteiger partial charge in [0, 0.05) is 6.42 Å². The summed E-state index contributed by atoms with van der Waals surface area (Å²) in [6, 6.07) is 6.18.